The van der Waals surface area contributed by atoms with Crippen molar-refractivity contribution in [1.82, 2.24) is 24.8 Å². The van der Waals surface area contributed by atoms with E-state index in [0.717, 1.165) is 4.90 Å². The van der Waals surface area contributed by atoms with Crippen molar-refractivity contribution in [1.29, 1.82) is 0 Å². The molecule has 68 heavy (non-hydrogen) atoms. The molecule has 3 N–H and O–H groups in total. The van der Waals surface area contributed by atoms with Gasteiger partial charge in [-0.05, 0) is 133 Å². The number of nitrogens with one attached hydrogen (secondary N) is 2. The van der Waals surface area contributed by atoms with Gasteiger partial charge < -0.3 is 29.5 Å². The molecule has 0 unspecified atom stereocenters. The van der Waals surface area contributed by atoms with Crippen molar-refractivity contribution in [2.75, 3.05) is 13.7 Å². The Morgan fingerprint density at radius 1 is 1.06 bits per heavy atom. The number of sulfonamides is 1. The molecular weight excluding hydrogens is 915 g/mol. The maximum atomic E-state index is 15.4. The summed E-state index contributed by atoms with van der Waals surface area (Å²) in [5.74, 6) is -5.11. The third kappa shape index (κ3) is 9.79. The number of allylic oxidation sites excluding steroid dienone is 1. The molecule has 7 rings (SSSR count). The SMILES string of the molecule is COc1ccc2c(O[C@@H]3C[C@H]4C(=O)N[C@]5(C(=O)NS(=O)(=O)C6(C)CC6)C[C@H]5/C=C\CC[C@H](C)C[C@@H](C)[C@H](N(C(=O)O)C(C)(C)C(F)(F)F)C(=O)N4C3)nc(-c3ccc(OC(C)C)c(F)c3)cc2c1. The second kappa shape index (κ2) is 18.3. The summed E-state index contributed by atoms with van der Waals surface area (Å²) in [5, 5.41) is 14.3. The molecule has 7 atom stereocenters. The molecule has 1 saturated heterocycles. The number of fused-ring (bicyclic) bond motifs is 3. The van der Waals surface area contributed by atoms with Crippen LogP contribution in [0.15, 0.2) is 54.6 Å². The van der Waals surface area contributed by atoms with Crippen LogP contribution >= 0.6 is 0 Å². The molecule has 2 aromatic carbocycles. The number of pyridine rings is 1. The molecule has 0 radical (unpaired) electrons. The van der Waals surface area contributed by atoms with Crippen molar-refractivity contribution >= 4 is 44.6 Å². The van der Waals surface area contributed by atoms with E-state index in [2.05, 4.69) is 10.0 Å². The second-order valence-corrected chi connectivity index (χ2v) is 22.0. The highest BCUT2D eigenvalue weighted by Crippen LogP contribution is 2.48. The van der Waals surface area contributed by atoms with Gasteiger partial charge in [-0.25, -0.2) is 22.6 Å². The molecule has 20 heteroatoms. The molecule has 3 aromatic rings. The maximum absolute atomic E-state index is 15.4. The Morgan fingerprint density at radius 3 is 2.38 bits per heavy atom. The smallest absolute Gasteiger partial charge is 0.411 e. The molecule has 0 spiro atoms. The lowest BCUT2D eigenvalue weighted by Crippen LogP contribution is -2.66. The standard InChI is InChI=1S/C48H59F4N5O10S/c1-26(2)66-38-16-13-29(21-35(38)49)36-22-30-20-32(65-8)14-15-34(30)41(53-36)67-33-23-37-40(58)54-47(43(60)55-68(63,64)46(7)17-18-46)24-31(47)12-10-9-11-27(3)19-28(4)39(42(59)56(37)25-33)57(44(61)62)45(5,6)48(50,51)52/h10,12-16,20-22,26-28,31,33,37,39H,9,11,17-19,23-25H2,1-8H3,(H,54,58)(H,55,60)(H,61,62)/b12-10-/t27-,28+,31+,33+,37-,39-,47+/m0/s1. The minimum atomic E-state index is -5.14. The zero-order valence-corrected chi connectivity index (χ0v) is 40.1. The average molecular weight is 974 g/mol. The van der Waals surface area contributed by atoms with Gasteiger partial charge in [0.15, 0.2) is 11.6 Å². The number of nitrogens with zero attached hydrogens (tertiary/aromatic N) is 3. The molecule has 2 saturated carbocycles. The summed E-state index contributed by atoms with van der Waals surface area (Å²) in [6.07, 6.45) is -3.71. The second-order valence-electron chi connectivity index (χ2n) is 19.8. The Morgan fingerprint density at radius 2 is 1.76 bits per heavy atom. The highest BCUT2D eigenvalue weighted by atomic mass is 32.2. The predicted molar refractivity (Wildman–Crippen MR) is 243 cm³/mol. The van der Waals surface area contributed by atoms with Gasteiger partial charge in [-0.3, -0.25) is 24.0 Å². The van der Waals surface area contributed by atoms with Gasteiger partial charge in [0.05, 0.1) is 30.2 Å². The van der Waals surface area contributed by atoms with E-state index in [1.165, 1.54) is 33.1 Å². The molecule has 3 heterocycles. The number of halogens is 4. The molecule has 15 nitrogen and oxygen atoms in total. The Labute approximate surface area is 393 Å². The fourth-order valence-electron chi connectivity index (χ4n) is 9.32. The van der Waals surface area contributed by atoms with Crippen molar-refractivity contribution in [2.24, 2.45) is 17.8 Å². The minimum Gasteiger partial charge on any atom is -0.497 e. The van der Waals surface area contributed by atoms with Crippen LogP contribution in [0, 0.1) is 23.6 Å². The summed E-state index contributed by atoms with van der Waals surface area (Å²) >= 11 is 0. The fourth-order valence-corrected chi connectivity index (χ4v) is 10.6. The van der Waals surface area contributed by atoms with E-state index in [4.69, 9.17) is 19.2 Å². The first kappa shape index (κ1) is 50.2. The normalized spacial score (nSPS) is 26.9. The first-order chi connectivity index (χ1) is 31.7. The number of amides is 4. The number of benzene rings is 2. The van der Waals surface area contributed by atoms with Crippen molar-refractivity contribution in [2.45, 2.75) is 140 Å². The van der Waals surface area contributed by atoms with Crippen LogP contribution in [0.4, 0.5) is 22.4 Å². The first-order valence-electron chi connectivity index (χ1n) is 22.8. The van der Waals surface area contributed by atoms with Crippen LogP contribution in [-0.4, -0.2) is 112 Å². The average Bonchev–Trinajstić information content (AvgIpc) is 4.13. The minimum absolute atomic E-state index is 0.00696. The van der Waals surface area contributed by atoms with Gasteiger partial charge in [0.1, 0.15) is 35.0 Å². The molecule has 0 bridgehead atoms. The van der Waals surface area contributed by atoms with E-state index >= 15 is 9.18 Å². The van der Waals surface area contributed by atoms with E-state index in [-0.39, 0.29) is 53.5 Å². The summed E-state index contributed by atoms with van der Waals surface area (Å²) < 4.78 is 105. The van der Waals surface area contributed by atoms with Crippen LogP contribution in [0.2, 0.25) is 0 Å². The Kier molecular flexibility index (Phi) is 13.5. The number of aromatic nitrogens is 1. The highest BCUT2D eigenvalue weighted by Gasteiger charge is 2.64. The van der Waals surface area contributed by atoms with Gasteiger partial charge in [0.25, 0.3) is 5.91 Å². The summed E-state index contributed by atoms with van der Waals surface area (Å²) in [4.78, 5) is 63.2. The van der Waals surface area contributed by atoms with Crippen LogP contribution in [0.3, 0.4) is 0 Å². The van der Waals surface area contributed by atoms with Crippen LogP contribution < -0.4 is 24.2 Å². The van der Waals surface area contributed by atoms with Crippen LogP contribution in [0.25, 0.3) is 22.0 Å². The number of rotatable bonds is 11. The lowest BCUT2D eigenvalue weighted by Gasteiger charge is -2.45. The predicted octanol–water partition coefficient (Wildman–Crippen LogP) is 7.76. The lowest BCUT2D eigenvalue weighted by atomic mass is 9.85. The third-order valence-corrected chi connectivity index (χ3v) is 16.0. The lowest BCUT2D eigenvalue weighted by molar-refractivity contribution is -0.222. The van der Waals surface area contributed by atoms with E-state index < -0.39 is 98.2 Å². The van der Waals surface area contributed by atoms with E-state index in [1.807, 2.05) is 6.92 Å². The van der Waals surface area contributed by atoms with Crippen LogP contribution in [0.1, 0.15) is 93.4 Å². The van der Waals surface area contributed by atoms with Gasteiger partial charge in [0, 0.05) is 23.3 Å². The number of carboxylic acid groups (broad SMARTS) is 1. The largest absolute Gasteiger partial charge is 0.497 e. The molecule has 4 aliphatic rings. The van der Waals surface area contributed by atoms with Gasteiger partial charge in [-0.1, -0.05) is 26.0 Å². The maximum Gasteiger partial charge on any atom is 0.411 e. The molecule has 370 valence electrons. The molecule has 2 aliphatic carbocycles. The number of methoxy groups -OCH3 is 1. The van der Waals surface area contributed by atoms with Crippen molar-refractivity contribution in [3.05, 3.63) is 60.4 Å². The monoisotopic (exact) mass is 973 g/mol. The van der Waals surface area contributed by atoms with E-state index in [9.17, 15) is 41.1 Å². The zero-order valence-electron chi connectivity index (χ0n) is 39.3. The molecule has 3 fully saturated rings. The van der Waals surface area contributed by atoms with Gasteiger partial charge in [-0.2, -0.15) is 13.2 Å². The summed E-state index contributed by atoms with van der Waals surface area (Å²) in [6, 6.07) is 7.46. The molecule has 4 amide bonds. The quantitative estimate of drug-likeness (QED) is 0.126. The van der Waals surface area contributed by atoms with Gasteiger partial charge >= 0.3 is 12.3 Å². The van der Waals surface area contributed by atoms with Crippen molar-refractivity contribution in [3.63, 3.8) is 0 Å². The molecule has 1 aromatic heterocycles. The summed E-state index contributed by atoms with van der Waals surface area (Å²) in [5.41, 5.74) is -4.28. The van der Waals surface area contributed by atoms with Gasteiger partial charge in [0.2, 0.25) is 27.7 Å². The zero-order chi connectivity index (χ0) is 49.9. The number of carbonyl (C=O) groups excluding carboxylic acids is 3. The van der Waals surface area contributed by atoms with E-state index in [0.29, 0.717) is 61.6 Å². The Bertz CT molecular complexity index is 2620. The van der Waals surface area contributed by atoms with Crippen molar-refractivity contribution < 1.29 is 64.5 Å². The summed E-state index contributed by atoms with van der Waals surface area (Å²) in [6.45, 7) is 9.24. The Hall–Kier alpha value is -5.66. The first-order valence-corrected chi connectivity index (χ1v) is 24.3. The summed E-state index contributed by atoms with van der Waals surface area (Å²) in [7, 11) is -2.70. The molecular formula is C48H59F4N5O10S. The number of alkyl halides is 3. The van der Waals surface area contributed by atoms with Gasteiger partial charge in [-0.15, -0.1) is 0 Å². The number of carbonyl (C=O) groups is 4. The third-order valence-electron chi connectivity index (χ3n) is 13.9. The van der Waals surface area contributed by atoms with Crippen LogP contribution in [0.5, 0.6) is 17.4 Å². The number of hydrogen-bond acceptors (Lipinski definition) is 10. The fraction of sp³-hybridized carbons (Fsp3) is 0.562. The topological polar surface area (TPSA) is 194 Å². The van der Waals surface area contributed by atoms with E-state index in [1.54, 1.807) is 56.3 Å². The highest BCUT2D eigenvalue weighted by molar-refractivity contribution is 7.91. The number of hydrogen-bond donors (Lipinski definition) is 3. The Balaban J connectivity index is 1.32. The number of ether oxygens (including phenoxy) is 3. The molecule has 2 aliphatic heterocycles. The van der Waals surface area contributed by atoms with Crippen molar-refractivity contribution in [3.8, 4) is 28.6 Å². The van der Waals surface area contributed by atoms with Crippen LogP contribution in [-0.2, 0) is 24.4 Å².